The third-order valence-electron chi connectivity index (χ3n) is 4.95. The third-order valence-corrected chi connectivity index (χ3v) is 7.91. The molecule has 2 heterocycles. The predicted octanol–water partition coefficient (Wildman–Crippen LogP) is 5.07. The van der Waals surface area contributed by atoms with Gasteiger partial charge in [0.05, 0.1) is 10.9 Å². The van der Waals surface area contributed by atoms with Crippen LogP contribution >= 0.6 is 11.8 Å². The Hall–Kier alpha value is -2.15. The SMILES string of the molecule is Cc1ccc(S(=O)(=O)N2CCC[C@H]2c2cccnc2Sc2ccccc2)cc1. The summed E-state index contributed by atoms with van der Waals surface area (Å²) in [4.78, 5) is 6.00. The van der Waals surface area contributed by atoms with Crippen LogP contribution in [-0.2, 0) is 10.0 Å². The van der Waals surface area contributed by atoms with Crippen LogP contribution in [0, 0.1) is 6.92 Å². The van der Waals surface area contributed by atoms with Gasteiger partial charge in [0.1, 0.15) is 5.03 Å². The van der Waals surface area contributed by atoms with Crippen molar-refractivity contribution in [3.05, 3.63) is 84.1 Å². The molecule has 3 aromatic rings. The molecule has 144 valence electrons. The van der Waals surface area contributed by atoms with Gasteiger partial charge in [-0.1, -0.05) is 53.7 Å². The van der Waals surface area contributed by atoms with Gasteiger partial charge in [-0.05, 0) is 50.1 Å². The van der Waals surface area contributed by atoms with Crippen LogP contribution in [0.25, 0.3) is 0 Å². The van der Waals surface area contributed by atoms with Crippen molar-refractivity contribution in [1.29, 1.82) is 0 Å². The summed E-state index contributed by atoms with van der Waals surface area (Å²) in [5.74, 6) is 0. The van der Waals surface area contributed by atoms with Gasteiger partial charge in [0.25, 0.3) is 0 Å². The highest BCUT2D eigenvalue weighted by atomic mass is 32.2. The third kappa shape index (κ3) is 3.85. The van der Waals surface area contributed by atoms with Crippen LogP contribution in [-0.4, -0.2) is 24.3 Å². The molecule has 0 N–H and O–H groups in total. The molecule has 6 heteroatoms. The second-order valence-electron chi connectivity index (χ2n) is 6.90. The van der Waals surface area contributed by atoms with Crippen molar-refractivity contribution in [2.24, 2.45) is 0 Å². The topological polar surface area (TPSA) is 50.3 Å². The van der Waals surface area contributed by atoms with Crippen molar-refractivity contribution < 1.29 is 8.42 Å². The van der Waals surface area contributed by atoms with Gasteiger partial charge in [-0.25, -0.2) is 13.4 Å². The smallest absolute Gasteiger partial charge is 0.243 e. The molecule has 0 spiro atoms. The Morgan fingerprint density at radius 2 is 1.75 bits per heavy atom. The lowest BCUT2D eigenvalue weighted by atomic mass is 10.1. The molecule has 1 fully saturated rings. The molecule has 0 unspecified atom stereocenters. The summed E-state index contributed by atoms with van der Waals surface area (Å²) in [5, 5.41) is 0.865. The Balaban J connectivity index is 1.68. The average Bonchev–Trinajstić information content (AvgIpc) is 3.20. The van der Waals surface area contributed by atoms with Crippen molar-refractivity contribution in [3.63, 3.8) is 0 Å². The molecule has 0 saturated carbocycles. The Morgan fingerprint density at radius 1 is 1.00 bits per heavy atom. The van der Waals surface area contributed by atoms with Gasteiger partial charge in [-0.2, -0.15) is 4.31 Å². The largest absolute Gasteiger partial charge is 0.249 e. The second kappa shape index (κ2) is 8.07. The van der Waals surface area contributed by atoms with Crippen molar-refractivity contribution in [2.75, 3.05) is 6.54 Å². The number of benzene rings is 2. The average molecular weight is 411 g/mol. The Bertz CT molecular complexity index is 1050. The van der Waals surface area contributed by atoms with Crippen molar-refractivity contribution >= 4 is 21.8 Å². The standard InChI is InChI=1S/C22H22N2O2S2/c1-17-11-13-19(14-12-17)28(25,26)24-16-6-10-21(24)20-9-5-15-23-22(20)27-18-7-3-2-4-8-18/h2-5,7-9,11-15,21H,6,10,16H2,1H3/t21-/m0/s1. The Labute approximate surface area is 170 Å². The molecule has 0 bridgehead atoms. The fourth-order valence-electron chi connectivity index (χ4n) is 3.53. The maximum absolute atomic E-state index is 13.3. The highest BCUT2D eigenvalue weighted by Gasteiger charge is 2.37. The predicted molar refractivity (Wildman–Crippen MR) is 112 cm³/mol. The number of rotatable bonds is 5. The molecule has 0 aliphatic carbocycles. The van der Waals surface area contributed by atoms with E-state index in [0.717, 1.165) is 33.9 Å². The minimum atomic E-state index is -3.55. The van der Waals surface area contributed by atoms with E-state index in [0.29, 0.717) is 11.4 Å². The first-order valence-electron chi connectivity index (χ1n) is 9.32. The fourth-order valence-corrected chi connectivity index (χ4v) is 6.15. The molecule has 1 aromatic heterocycles. The maximum atomic E-state index is 13.3. The van der Waals surface area contributed by atoms with Crippen LogP contribution in [0.4, 0.5) is 0 Å². The van der Waals surface area contributed by atoms with E-state index in [9.17, 15) is 8.42 Å². The lowest BCUT2D eigenvalue weighted by Crippen LogP contribution is -2.31. The van der Waals surface area contributed by atoms with Gasteiger partial charge >= 0.3 is 0 Å². The summed E-state index contributed by atoms with van der Waals surface area (Å²) in [5.41, 5.74) is 2.02. The number of aromatic nitrogens is 1. The first-order chi connectivity index (χ1) is 13.6. The minimum absolute atomic E-state index is 0.189. The quantitative estimate of drug-likeness (QED) is 0.589. The number of hydrogen-bond acceptors (Lipinski definition) is 4. The van der Waals surface area contributed by atoms with E-state index in [1.54, 1.807) is 34.4 Å². The molecule has 28 heavy (non-hydrogen) atoms. The van der Waals surface area contributed by atoms with E-state index in [4.69, 9.17) is 0 Å². The van der Waals surface area contributed by atoms with Gasteiger partial charge < -0.3 is 0 Å². The summed E-state index contributed by atoms with van der Waals surface area (Å²) < 4.78 is 28.2. The first kappa shape index (κ1) is 19.2. The van der Waals surface area contributed by atoms with Crippen LogP contribution in [0.5, 0.6) is 0 Å². The van der Waals surface area contributed by atoms with E-state index < -0.39 is 10.0 Å². The zero-order chi connectivity index (χ0) is 19.6. The minimum Gasteiger partial charge on any atom is -0.249 e. The molecule has 1 atom stereocenters. The van der Waals surface area contributed by atoms with Gasteiger partial charge in [0.2, 0.25) is 10.0 Å². The molecule has 1 aliphatic heterocycles. The van der Waals surface area contributed by atoms with Crippen LogP contribution in [0.3, 0.4) is 0 Å². The van der Waals surface area contributed by atoms with Crippen LogP contribution in [0.1, 0.15) is 30.0 Å². The van der Waals surface area contributed by atoms with Gasteiger partial charge in [-0.3, -0.25) is 0 Å². The highest BCUT2D eigenvalue weighted by Crippen LogP contribution is 2.41. The zero-order valence-electron chi connectivity index (χ0n) is 15.7. The lowest BCUT2D eigenvalue weighted by molar-refractivity contribution is 0.391. The Kier molecular flexibility index (Phi) is 5.53. The molecule has 4 rings (SSSR count). The lowest BCUT2D eigenvalue weighted by Gasteiger charge is -2.25. The first-order valence-corrected chi connectivity index (χ1v) is 11.6. The number of aryl methyl sites for hydroxylation is 1. The van der Waals surface area contributed by atoms with Crippen LogP contribution in [0.2, 0.25) is 0 Å². The van der Waals surface area contributed by atoms with Crippen LogP contribution < -0.4 is 0 Å². The molecular formula is C22H22N2O2S2. The van der Waals surface area contributed by atoms with Gasteiger partial charge in [-0.15, -0.1) is 0 Å². The van der Waals surface area contributed by atoms with Gasteiger partial charge in [0.15, 0.2) is 0 Å². The molecule has 0 radical (unpaired) electrons. The second-order valence-corrected chi connectivity index (χ2v) is 9.85. The summed E-state index contributed by atoms with van der Waals surface area (Å²) in [6.07, 6.45) is 3.42. The molecule has 2 aromatic carbocycles. The summed E-state index contributed by atoms with van der Waals surface area (Å²) >= 11 is 1.58. The molecule has 0 amide bonds. The van der Waals surface area contributed by atoms with Crippen molar-refractivity contribution in [3.8, 4) is 0 Å². The van der Waals surface area contributed by atoms with Crippen LogP contribution in [0.15, 0.2) is 87.7 Å². The van der Waals surface area contributed by atoms with Crippen molar-refractivity contribution in [1.82, 2.24) is 9.29 Å². The fraction of sp³-hybridized carbons (Fsp3) is 0.227. The van der Waals surface area contributed by atoms with E-state index in [2.05, 4.69) is 4.98 Å². The van der Waals surface area contributed by atoms with E-state index >= 15 is 0 Å². The molecule has 1 saturated heterocycles. The van der Waals surface area contributed by atoms with E-state index in [-0.39, 0.29) is 6.04 Å². The highest BCUT2D eigenvalue weighted by molar-refractivity contribution is 7.99. The van der Waals surface area contributed by atoms with Gasteiger partial charge in [0, 0.05) is 23.2 Å². The summed E-state index contributed by atoms with van der Waals surface area (Å²) in [6.45, 7) is 2.49. The summed E-state index contributed by atoms with van der Waals surface area (Å²) in [7, 11) is -3.55. The molecular weight excluding hydrogens is 388 g/mol. The number of hydrogen-bond donors (Lipinski definition) is 0. The molecule has 1 aliphatic rings. The molecule has 4 nitrogen and oxygen atoms in total. The zero-order valence-corrected chi connectivity index (χ0v) is 17.3. The van der Waals surface area contributed by atoms with Crippen molar-refractivity contribution in [2.45, 2.75) is 40.6 Å². The number of pyridine rings is 1. The maximum Gasteiger partial charge on any atom is 0.243 e. The normalized spacial score (nSPS) is 17.7. The number of nitrogens with zero attached hydrogens (tertiary/aromatic N) is 2. The Morgan fingerprint density at radius 3 is 2.50 bits per heavy atom. The number of sulfonamides is 1. The summed E-state index contributed by atoms with van der Waals surface area (Å²) in [6, 6.07) is 20.8. The monoisotopic (exact) mass is 410 g/mol. The van der Waals surface area contributed by atoms with E-state index in [1.807, 2.05) is 61.5 Å². The van der Waals surface area contributed by atoms with E-state index in [1.165, 1.54) is 0 Å².